The van der Waals surface area contributed by atoms with Gasteiger partial charge in [-0.3, -0.25) is 9.59 Å². The Hall–Kier alpha value is -2.05. The van der Waals surface area contributed by atoms with Crippen LogP contribution in [0.25, 0.3) is 0 Å². The van der Waals surface area contributed by atoms with Crippen LogP contribution in [0.15, 0.2) is 12.7 Å². The van der Waals surface area contributed by atoms with Crippen molar-refractivity contribution in [1.82, 2.24) is 9.80 Å². The lowest BCUT2D eigenvalue weighted by Gasteiger charge is -2.19. The molecule has 108 valence electrons. The van der Waals surface area contributed by atoms with Crippen LogP contribution in [0.3, 0.4) is 0 Å². The Morgan fingerprint density at radius 3 is 2.26 bits per heavy atom. The second kappa shape index (κ2) is 8.96. The van der Waals surface area contributed by atoms with Gasteiger partial charge in [0.2, 0.25) is 5.91 Å². The van der Waals surface area contributed by atoms with Gasteiger partial charge in [0.05, 0.1) is 6.42 Å². The van der Waals surface area contributed by atoms with Crippen molar-refractivity contribution in [2.45, 2.75) is 12.8 Å². The van der Waals surface area contributed by atoms with Gasteiger partial charge in [-0.15, -0.1) is 0 Å². The van der Waals surface area contributed by atoms with Crippen molar-refractivity contribution in [1.29, 1.82) is 0 Å². The molecule has 1 N–H and O–H groups in total. The van der Waals surface area contributed by atoms with Gasteiger partial charge in [-0.1, -0.05) is 12.7 Å². The highest BCUT2D eigenvalue weighted by Gasteiger charge is 2.14. The summed E-state index contributed by atoms with van der Waals surface area (Å²) in [6, 6.07) is 0. The molecule has 0 unspecified atom stereocenters. The molecule has 0 spiro atoms. The van der Waals surface area contributed by atoms with E-state index in [-0.39, 0.29) is 38.4 Å². The van der Waals surface area contributed by atoms with E-state index in [4.69, 9.17) is 9.84 Å². The van der Waals surface area contributed by atoms with E-state index in [1.165, 1.54) is 30.0 Å². The number of carboxylic acid groups (broad SMARTS) is 1. The smallest absolute Gasteiger partial charge is 0.409 e. The predicted molar refractivity (Wildman–Crippen MR) is 68.7 cm³/mol. The average molecular weight is 272 g/mol. The second-order valence-electron chi connectivity index (χ2n) is 4.00. The number of carbonyl (C=O) groups excluding carboxylic acids is 2. The quantitative estimate of drug-likeness (QED) is 0.652. The summed E-state index contributed by atoms with van der Waals surface area (Å²) < 4.78 is 4.79. The zero-order chi connectivity index (χ0) is 14.8. The first-order valence-electron chi connectivity index (χ1n) is 5.83. The number of ether oxygens (including phenoxy) is 1. The summed E-state index contributed by atoms with van der Waals surface area (Å²) in [5.74, 6) is -1.17. The molecular weight excluding hydrogens is 252 g/mol. The van der Waals surface area contributed by atoms with Crippen LogP contribution in [0.2, 0.25) is 0 Å². The summed E-state index contributed by atoms with van der Waals surface area (Å²) in [6.07, 6.45) is 0.951. The molecule has 0 atom stereocenters. The van der Waals surface area contributed by atoms with Crippen LogP contribution < -0.4 is 0 Å². The van der Waals surface area contributed by atoms with Gasteiger partial charge in [-0.05, 0) is 0 Å². The Balaban J connectivity index is 3.97. The van der Waals surface area contributed by atoms with Gasteiger partial charge >= 0.3 is 12.1 Å². The first-order chi connectivity index (χ1) is 8.88. The van der Waals surface area contributed by atoms with Crippen LogP contribution >= 0.6 is 0 Å². The van der Waals surface area contributed by atoms with E-state index in [0.717, 1.165) is 0 Å². The Morgan fingerprint density at radius 1 is 1.16 bits per heavy atom. The maximum absolute atomic E-state index is 11.6. The minimum Gasteiger partial charge on any atom is -0.481 e. The van der Waals surface area contributed by atoms with Crippen molar-refractivity contribution >= 4 is 18.0 Å². The molecule has 0 aliphatic carbocycles. The Labute approximate surface area is 112 Å². The third-order valence-corrected chi connectivity index (χ3v) is 2.38. The molecule has 0 bridgehead atoms. The summed E-state index contributed by atoms with van der Waals surface area (Å²) in [6.45, 7) is 3.91. The highest BCUT2D eigenvalue weighted by atomic mass is 16.6. The van der Waals surface area contributed by atoms with Gasteiger partial charge in [-0.25, -0.2) is 4.79 Å². The van der Waals surface area contributed by atoms with E-state index in [0.29, 0.717) is 0 Å². The fraction of sp³-hybridized carbons (Fsp3) is 0.583. The van der Waals surface area contributed by atoms with Crippen molar-refractivity contribution in [2.24, 2.45) is 0 Å². The fourth-order valence-electron chi connectivity index (χ4n) is 1.17. The third-order valence-electron chi connectivity index (χ3n) is 2.38. The Kier molecular flexibility index (Phi) is 7.99. The molecule has 0 aromatic carbocycles. The monoisotopic (exact) mass is 272 g/mol. The molecule has 7 heteroatoms. The van der Waals surface area contributed by atoms with Gasteiger partial charge in [0.15, 0.2) is 0 Å². The molecule has 2 amide bonds. The molecule has 7 nitrogen and oxygen atoms in total. The number of hydrogen-bond donors (Lipinski definition) is 1. The first kappa shape index (κ1) is 16.9. The highest BCUT2D eigenvalue weighted by Crippen LogP contribution is 1.98. The summed E-state index contributed by atoms with van der Waals surface area (Å²) in [4.78, 5) is 36.0. The summed E-state index contributed by atoms with van der Waals surface area (Å²) in [5.41, 5.74) is 0. The number of carbonyl (C=O) groups is 3. The molecule has 0 saturated carbocycles. The molecule has 0 heterocycles. The molecule has 0 aromatic rings. The molecule has 0 rings (SSSR count). The molecular formula is C12H20N2O5. The Morgan fingerprint density at radius 2 is 1.74 bits per heavy atom. The molecule has 0 aliphatic heterocycles. The lowest BCUT2D eigenvalue weighted by Crippen LogP contribution is -2.34. The predicted octanol–water partition coefficient (Wildman–Crippen LogP) is 0.564. The topological polar surface area (TPSA) is 87.2 Å². The van der Waals surface area contributed by atoms with Crippen molar-refractivity contribution in [3.8, 4) is 0 Å². The molecule has 0 aromatic heterocycles. The third kappa shape index (κ3) is 7.80. The van der Waals surface area contributed by atoms with Gasteiger partial charge in [0.1, 0.15) is 6.61 Å². The van der Waals surface area contributed by atoms with Crippen LogP contribution in [0.4, 0.5) is 4.79 Å². The number of hydrogen-bond acceptors (Lipinski definition) is 4. The van der Waals surface area contributed by atoms with Crippen molar-refractivity contribution in [3.05, 3.63) is 12.7 Å². The maximum atomic E-state index is 11.6. The summed E-state index contributed by atoms with van der Waals surface area (Å²) in [7, 11) is 3.05. The van der Waals surface area contributed by atoms with Gasteiger partial charge in [0, 0.05) is 33.6 Å². The van der Waals surface area contributed by atoms with E-state index in [1.54, 1.807) is 0 Å². The number of aliphatic carboxylic acids is 1. The lowest BCUT2D eigenvalue weighted by molar-refractivity contribution is -0.138. The van der Waals surface area contributed by atoms with E-state index in [1.807, 2.05) is 0 Å². The standard InChI is InChI=1S/C12H20N2O5/c1-4-9-19-12(18)14(3)7-5-10(15)13(2)8-6-11(16)17/h4H,1,5-9H2,2-3H3,(H,16,17). The van der Waals surface area contributed by atoms with Gasteiger partial charge in [0.25, 0.3) is 0 Å². The largest absolute Gasteiger partial charge is 0.481 e. The zero-order valence-corrected chi connectivity index (χ0v) is 11.3. The molecule has 0 saturated heterocycles. The first-order valence-corrected chi connectivity index (χ1v) is 5.83. The normalized spacial score (nSPS) is 9.58. The maximum Gasteiger partial charge on any atom is 0.409 e. The van der Waals surface area contributed by atoms with Crippen LogP contribution in [-0.4, -0.2) is 66.7 Å². The van der Waals surface area contributed by atoms with E-state index in [2.05, 4.69) is 6.58 Å². The SMILES string of the molecule is C=CCOC(=O)N(C)CCC(=O)N(C)CCC(=O)O. The lowest BCUT2D eigenvalue weighted by atomic mass is 10.3. The average Bonchev–Trinajstić information content (AvgIpc) is 2.38. The highest BCUT2D eigenvalue weighted by molar-refractivity contribution is 5.77. The minimum atomic E-state index is -0.954. The second-order valence-corrected chi connectivity index (χ2v) is 4.00. The number of carboxylic acids is 1. The summed E-state index contributed by atoms with van der Waals surface area (Å²) >= 11 is 0. The minimum absolute atomic E-state index is 0.0978. The zero-order valence-electron chi connectivity index (χ0n) is 11.3. The van der Waals surface area contributed by atoms with Crippen molar-refractivity contribution in [2.75, 3.05) is 33.8 Å². The van der Waals surface area contributed by atoms with Crippen LogP contribution in [-0.2, 0) is 14.3 Å². The van der Waals surface area contributed by atoms with Gasteiger partial charge < -0.3 is 19.6 Å². The van der Waals surface area contributed by atoms with Gasteiger partial charge in [-0.2, -0.15) is 0 Å². The molecule has 19 heavy (non-hydrogen) atoms. The van der Waals surface area contributed by atoms with Crippen molar-refractivity contribution < 1.29 is 24.2 Å². The van der Waals surface area contributed by atoms with Crippen LogP contribution in [0.1, 0.15) is 12.8 Å². The molecule has 0 radical (unpaired) electrons. The van der Waals surface area contributed by atoms with E-state index in [9.17, 15) is 14.4 Å². The van der Waals surface area contributed by atoms with Crippen molar-refractivity contribution in [3.63, 3.8) is 0 Å². The van der Waals surface area contributed by atoms with E-state index < -0.39 is 12.1 Å². The van der Waals surface area contributed by atoms with E-state index >= 15 is 0 Å². The Bertz CT molecular complexity index is 343. The number of rotatable bonds is 8. The summed E-state index contributed by atoms with van der Waals surface area (Å²) in [5, 5.41) is 8.50. The van der Waals surface area contributed by atoms with Crippen LogP contribution in [0.5, 0.6) is 0 Å². The number of nitrogens with zero attached hydrogens (tertiary/aromatic N) is 2. The molecule has 0 fully saturated rings. The fourth-order valence-corrected chi connectivity index (χ4v) is 1.17. The van der Waals surface area contributed by atoms with Crippen LogP contribution in [0, 0.1) is 0 Å². The number of amides is 2. The molecule has 0 aliphatic rings.